The summed E-state index contributed by atoms with van der Waals surface area (Å²) in [6.45, 7) is 0.978. The number of hydrogen-bond acceptors (Lipinski definition) is 4. The minimum Gasteiger partial charge on any atom is -0.481 e. The van der Waals surface area contributed by atoms with E-state index in [0.29, 0.717) is 12.1 Å². The second-order valence-corrected chi connectivity index (χ2v) is 8.99. The number of likely N-dealkylation sites (tertiary alicyclic amines) is 1. The van der Waals surface area contributed by atoms with Crippen molar-refractivity contribution in [3.8, 4) is 0 Å². The van der Waals surface area contributed by atoms with Gasteiger partial charge in [0, 0.05) is 44.2 Å². The van der Waals surface area contributed by atoms with Gasteiger partial charge >= 0.3 is 5.97 Å². The molecule has 0 saturated carbocycles. The minimum atomic E-state index is -3.43. The molecule has 24 heavy (non-hydrogen) atoms. The van der Waals surface area contributed by atoms with Crippen molar-refractivity contribution in [3.63, 3.8) is 0 Å². The van der Waals surface area contributed by atoms with E-state index in [2.05, 4.69) is 0 Å². The highest BCUT2D eigenvalue weighted by atomic mass is 35.5. The van der Waals surface area contributed by atoms with Gasteiger partial charge in [0.1, 0.15) is 5.82 Å². The monoisotopic (exact) mass is 376 g/mol. The summed E-state index contributed by atoms with van der Waals surface area (Å²) < 4.78 is 38.8. The van der Waals surface area contributed by atoms with E-state index < -0.39 is 27.2 Å². The van der Waals surface area contributed by atoms with E-state index in [-0.39, 0.29) is 37.1 Å². The third kappa shape index (κ3) is 2.92. The molecular formula is C15H18ClFN2O4S. The molecular weight excluding hydrogens is 359 g/mol. The van der Waals surface area contributed by atoms with Gasteiger partial charge in [-0.3, -0.25) is 9.69 Å². The number of benzene rings is 1. The Hall–Kier alpha value is -1.22. The molecule has 1 aromatic rings. The van der Waals surface area contributed by atoms with Gasteiger partial charge in [-0.2, -0.15) is 0 Å². The van der Waals surface area contributed by atoms with Crippen LogP contribution in [-0.4, -0.2) is 61.1 Å². The van der Waals surface area contributed by atoms with Crippen LogP contribution in [0.1, 0.15) is 5.56 Å². The largest absolute Gasteiger partial charge is 0.481 e. The topological polar surface area (TPSA) is 77.9 Å². The third-order valence-corrected chi connectivity index (χ3v) is 6.48. The molecule has 2 aliphatic rings. The van der Waals surface area contributed by atoms with Crippen molar-refractivity contribution < 1.29 is 22.7 Å². The molecule has 3 rings (SSSR count). The van der Waals surface area contributed by atoms with Crippen LogP contribution in [0.3, 0.4) is 0 Å². The van der Waals surface area contributed by atoms with Crippen LogP contribution in [0, 0.1) is 17.2 Å². The first-order valence-electron chi connectivity index (χ1n) is 7.47. The molecule has 0 bridgehead atoms. The maximum Gasteiger partial charge on any atom is 0.312 e. The standard InChI is InChI=1S/C15H18ClFN2O4S/c1-24(22,23)19-7-11-6-18(8-15(11,9-19)14(20)21)5-10-3-2-4-12(16)13(10)17/h2-4,11H,5-9H2,1H3,(H,20,21)/t11-,15-/m1/s1. The zero-order valence-corrected chi connectivity index (χ0v) is 14.6. The van der Waals surface area contributed by atoms with E-state index in [1.807, 2.05) is 4.90 Å². The fourth-order valence-corrected chi connectivity index (χ4v) is 4.82. The Labute approximate surface area is 144 Å². The lowest BCUT2D eigenvalue weighted by atomic mass is 9.81. The number of hydrogen-bond donors (Lipinski definition) is 1. The van der Waals surface area contributed by atoms with E-state index in [4.69, 9.17) is 11.6 Å². The molecule has 0 unspecified atom stereocenters. The van der Waals surface area contributed by atoms with Crippen LogP contribution in [0.15, 0.2) is 18.2 Å². The maximum atomic E-state index is 14.1. The molecule has 1 aromatic carbocycles. The summed E-state index contributed by atoms with van der Waals surface area (Å²) in [7, 11) is -3.43. The predicted octanol–water partition coefficient (Wildman–Crippen LogP) is 1.26. The number of sulfonamides is 1. The SMILES string of the molecule is CS(=O)(=O)N1C[C@H]2CN(Cc3cccc(Cl)c3F)C[C@@]2(C(=O)O)C1. The summed E-state index contributed by atoms with van der Waals surface area (Å²) in [6.07, 6.45) is 1.09. The molecule has 9 heteroatoms. The highest BCUT2D eigenvalue weighted by Gasteiger charge is 2.59. The summed E-state index contributed by atoms with van der Waals surface area (Å²) in [5, 5.41) is 9.73. The van der Waals surface area contributed by atoms with Gasteiger partial charge in [-0.1, -0.05) is 23.7 Å². The number of carboxylic acid groups (broad SMARTS) is 1. The summed E-state index contributed by atoms with van der Waals surface area (Å²) in [6, 6.07) is 4.73. The van der Waals surface area contributed by atoms with Gasteiger partial charge in [-0.15, -0.1) is 0 Å². The van der Waals surface area contributed by atoms with Gasteiger partial charge in [0.2, 0.25) is 10.0 Å². The summed E-state index contributed by atoms with van der Waals surface area (Å²) in [5.74, 6) is -1.82. The minimum absolute atomic E-state index is 0.0306. The molecule has 0 radical (unpaired) electrons. The van der Waals surface area contributed by atoms with Crippen molar-refractivity contribution in [3.05, 3.63) is 34.6 Å². The first-order chi connectivity index (χ1) is 11.1. The highest BCUT2D eigenvalue weighted by molar-refractivity contribution is 7.88. The highest BCUT2D eigenvalue weighted by Crippen LogP contribution is 2.44. The van der Waals surface area contributed by atoms with Crippen LogP contribution in [0.4, 0.5) is 4.39 Å². The lowest BCUT2D eigenvalue weighted by Gasteiger charge is -2.24. The smallest absolute Gasteiger partial charge is 0.312 e. The van der Waals surface area contributed by atoms with Crippen molar-refractivity contribution in [1.29, 1.82) is 0 Å². The number of halogens is 2. The molecule has 1 N–H and O–H groups in total. The first kappa shape index (κ1) is 17.6. The van der Waals surface area contributed by atoms with Crippen molar-refractivity contribution in [2.24, 2.45) is 11.3 Å². The van der Waals surface area contributed by atoms with Gasteiger partial charge in [0.05, 0.1) is 16.7 Å². The second kappa shape index (κ2) is 5.94. The van der Waals surface area contributed by atoms with Crippen molar-refractivity contribution in [2.75, 3.05) is 32.4 Å². The van der Waals surface area contributed by atoms with Gasteiger partial charge in [0.15, 0.2) is 0 Å². The average Bonchev–Trinajstić information content (AvgIpc) is 2.98. The second-order valence-electron chi connectivity index (χ2n) is 6.60. The molecule has 6 nitrogen and oxygen atoms in total. The van der Waals surface area contributed by atoms with Crippen LogP contribution in [0.2, 0.25) is 5.02 Å². The molecule has 0 amide bonds. The molecule has 0 aliphatic carbocycles. The first-order valence-corrected chi connectivity index (χ1v) is 9.70. The van der Waals surface area contributed by atoms with Crippen molar-refractivity contribution >= 4 is 27.6 Å². The lowest BCUT2D eigenvalue weighted by Crippen LogP contribution is -2.41. The van der Waals surface area contributed by atoms with E-state index in [1.54, 1.807) is 12.1 Å². The zero-order chi connectivity index (χ0) is 17.7. The fourth-order valence-electron chi connectivity index (χ4n) is 3.71. The molecule has 2 aliphatic heterocycles. The van der Waals surface area contributed by atoms with Crippen LogP contribution < -0.4 is 0 Å². The molecule has 0 aromatic heterocycles. The van der Waals surface area contributed by atoms with Gasteiger partial charge in [-0.05, 0) is 6.07 Å². The third-order valence-electron chi connectivity index (χ3n) is 4.97. The van der Waals surface area contributed by atoms with Gasteiger partial charge in [0.25, 0.3) is 0 Å². The number of rotatable bonds is 4. The number of fused-ring (bicyclic) bond motifs is 1. The average molecular weight is 377 g/mol. The molecule has 2 atom stereocenters. The Morgan fingerprint density at radius 2 is 2.12 bits per heavy atom. The molecule has 2 fully saturated rings. The van der Waals surface area contributed by atoms with Crippen LogP contribution in [0.25, 0.3) is 0 Å². The lowest BCUT2D eigenvalue weighted by molar-refractivity contribution is -0.148. The molecule has 2 heterocycles. The predicted molar refractivity (Wildman–Crippen MR) is 86.7 cm³/mol. The number of nitrogens with zero attached hydrogens (tertiary/aromatic N) is 2. The number of aliphatic carboxylic acids is 1. The van der Waals surface area contributed by atoms with E-state index in [9.17, 15) is 22.7 Å². The van der Waals surface area contributed by atoms with Crippen molar-refractivity contribution in [2.45, 2.75) is 6.54 Å². The Morgan fingerprint density at radius 3 is 2.71 bits per heavy atom. The Kier molecular flexibility index (Phi) is 4.36. The summed E-state index contributed by atoms with van der Waals surface area (Å²) >= 11 is 5.78. The van der Waals surface area contributed by atoms with E-state index in [0.717, 1.165) is 6.26 Å². The quantitative estimate of drug-likeness (QED) is 0.855. The number of carboxylic acids is 1. The Bertz CT molecular complexity index is 788. The number of carbonyl (C=O) groups is 1. The summed E-state index contributed by atoms with van der Waals surface area (Å²) in [4.78, 5) is 13.7. The maximum absolute atomic E-state index is 14.1. The fraction of sp³-hybridized carbons (Fsp3) is 0.533. The van der Waals surface area contributed by atoms with E-state index >= 15 is 0 Å². The van der Waals surface area contributed by atoms with Crippen molar-refractivity contribution in [1.82, 2.24) is 9.21 Å². The molecule has 0 spiro atoms. The molecule has 2 saturated heterocycles. The Morgan fingerprint density at radius 1 is 1.42 bits per heavy atom. The van der Waals surface area contributed by atoms with Crippen LogP contribution in [-0.2, 0) is 21.4 Å². The van der Waals surface area contributed by atoms with Crippen LogP contribution >= 0.6 is 11.6 Å². The molecule has 132 valence electrons. The zero-order valence-electron chi connectivity index (χ0n) is 13.1. The Balaban J connectivity index is 1.81. The normalized spacial score (nSPS) is 28.2. The van der Waals surface area contributed by atoms with Gasteiger partial charge < -0.3 is 5.11 Å². The van der Waals surface area contributed by atoms with Gasteiger partial charge in [-0.25, -0.2) is 17.1 Å². The van der Waals surface area contributed by atoms with Crippen LogP contribution in [0.5, 0.6) is 0 Å². The van der Waals surface area contributed by atoms with E-state index in [1.165, 1.54) is 10.4 Å². The summed E-state index contributed by atoms with van der Waals surface area (Å²) in [5.41, 5.74) is -0.735.